The zero-order valence-corrected chi connectivity index (χ0v) is 11.1. The SMILES string of the molecule is C[CH](C)[SbH]([CH](C)C)[CH](C)C. The van der Waals surface area contributed by atoms with E-state index >= 15 is 0 Å². The molecule has 0 saturated heterocycles. The molecule has 1 radical (unpaired) electrons. The molecule has 63 valence electrons. The molecule has 0 spiro atoms. The van der Waals surface area contributed by atoms with Gasteiger partial charge in [-0.2, -0.15) is 0 Å². The molecule has 0 aromatic carbocycles. The molecule has 0 amide bonds. The van der Waals surface area contributed by atoms with Crippen LogP contribution in [-0.2, 0) is 0 Å². The van der Waals surface area contributed by atoms with E-state index in [1.807, 2.05) is 0 Å². The van der Waals surface area contributed by atoms with Crippen molar-refractivity contribution in [1.82, 2.24) is 0 Å². The average Bonchev–Trinajstić information content (AvgIpc) is 1.59. The maximum atomic E-state index is 2.41. The third kappa shape index (κ3) is 3.28. The summed E-state index contributed by atoms with van der Waals surface area (Å²) in [6, 6.07) is 0. The molecule has 0 aliphatic carbocycles. The summed E-state index contributed by atoms with van der Waals surface area (Å²) < 4.78 is 3.09. The van der Waals surface area contributed by atoms with E-state index < -0.39 is 20.2 Å². The zero-order chi connectivity index (χ0) is 8.31. The molecule has 1 heteroatoms. The van der Waals surface area contributed by atoms with Gasteiger partial charge in [0.1, 0.15) is 0 Å². The van der Waals surface area contributed by atoms with Gasteiger partial charge in [-0.1, -0.05) is 0 Å². The summed E-state index contributed by atoms with van der Waals surface area (Å²) in [6.45, 7) is 14.5. The molecular formula is C9H22Sb. The van der Waals surface area contributed by atoms with Gasteiger partial charge in [0.2, 0.25) is 0 Å². The van der Waals surface area contributed by atoms with Crippen LogP contribution in [0.2, 0.25) is 11.6 Å². The van der Waals surface area contributed by atoms with E-state index in [2.05, 4.69) is 41.5 Å². The van der Waals surface area contributed by atoms with Crippen LogP contribution in [-0.4, -0.2) is 20.2 Å². The summed E-state index contributed by atoms with van der Waals surface area (Å²) >= 11 is -1.01. The first-order chi connectivity index (χ1) is 4.46. The van der Waals surface area contributed by atoms with Crippen molar-refractivity contribution in [2.75, 3.05) is 0 Å². The zero-order valence-electron chi connectivity index (χ0n) is 8.23. The fourth-order valence-corrected chi connectivity index (χ4v) is 13.4. The Morgan fingerprint density at radius 3 is 0.800 bits per heavy atom. The number of rotatable bonds is 3. The maximum absolute atomic E-state index is 2.41. The topological polar surface area (TPSA) is 0 Å². The van der Waals surface area contributed by atoms with Crippen molar-refractivity contribution in [2.24, 2.45) is 0 Å². The van der Waals surface area contributed by atoms with E-state index in [-0.39, 0.29) is 0 Å². The van der Waals surface area contributed by atoms with Gasteiger partial charge in [-0.15, -0.1) is 0 Å². The molecule has 0 N–H and O–H groups in total. The van der Waals surface area contributed by atoms with Crippen LogP contribution in [0.4, 0.5) is 0 Å². The molecule has 0 nitrogen and oxygen atoms in total. The van der Waals surface area contributed by atoms with Crippen molar-refractivity contribution in [3.63, 3.8) is 0 Å². The molecule has 0 fully saturated rings. The molecule has 0 aromatic rings. The molecule has 0 aliphatic heterocycles. The first-order valence-electron chi connectivity index (χ1n) is 4.33. The Bertz CT molecular complexity index is 65.7. The van der Waals surface area contributed by atoms with Gasteiger partial charge in [0.25, 0.3) is 0 Å². The molecule has 0 bridgehead atoms. The molecule has 0 heterocycles. The van der Waals surface area contributed by atoms with Crippen LogP contribution in [0, 0.1) is 0 Å². The van der Waals surface area contributed by atoms with Gasteiger partial charge in [0.05, 0.1) is 0 Å². The van der Waals surface area contributed by atoms with Crippen molar-refractivity contribution < 1.29 is 0 Å². The molecule has 0 saturated carbocycles. The summed E-state index contributed by atoms with van der Waals surface area (Å²) in [6.07, 6.45) is 0. The van der Waals surface area contributed by atoms with E-state index in [0.717, 1.165) is 11.6 Å². The fraction of sp³-hybridized carbons (Fsp3) is 1.00. The third-order valence-corrected chi connectivity index (χ3v) is 13.4. The van der Waals surface area contributed by atoms with E-state index in [1.54, 1.807) is 0 Å². The Hall–Kier alpha value is 0.818. The van der Waals surface area contributed by atoms with Crippen LogP contribution in [0.1, 0.15) is 41.5 Å². The average molecular weight is 252 g/mol. The second-order valence-corrected chi connectivity index (χ2v) is 16.7. The van der Waals surface area contributed by atoms with E-state index in [9.17, 15) is 0 Å². The molecule has 0 atom stereocenters. The Kier molecular flexibility index (Phi) is 5.03. The van der Waals surface area contributed by atoms with Gasteiger partial charge >= 0.3 is 73.3 Å². The van der Waals surface area contributed by atoms with Gasteiger partial charge in [0, 0.05) is 0 Å². The summed E-state index contributed by atoms with van der Waals surface area (Å²) in [4.78, 5) is 0. The van der Waals surface area contributed by atoms with Crippen LogP contribution in [0.5, 0.6) is 0 Å². The molecule has 0 rings (SSSR count). The minimum atomic E-state index is -1.01. The van der Waals surface area contributed by atoms with Crippen molar-refractivity contribution in [1.29, 1.82) is 0 Å². The molecule has 0 unspecified atom stereocenters. The number of hydrogen-bond acceptors (Lipinski definition) is 0. The fourth-order valence-electron chi connectivity index (χ4n) is 2.00. The second-order valence-electron chi connectivity index (χ2n) is 3.96. The summed E-state index contributed by atoms with van der Waals surface area (Å²) in [5.74, 6) is 0. The Morgan fingerprint density at radius 2 is 0.800 bits per heavy atom. The first-order valence-corrected chi connectivity index (χ1v) is 9.27. The second kappa shape index (κ2) is 4.65. The monoisotopic (exact) mass is 251 g/mol. The van der Waals surface area contributed by atoms with Gasteiger partial charge in [-0.05, 0) is 0 Å². The minimum absolute atomic E-state index is 1.01. The van der Waals surface area contributed by atoms with Gasteiger partial charge in [0.15, 0.2) is 0 Å². The molecule has 0 aliphatic rings. The standard InChI is InChI=1S/3C3H7.Sb.H/c3*1-3-2;;/h3*3H,1-2H3;;. The third-order valence-electron chi connectivity index (χ3n) is 2.00. The first kappa shape index (κ1) is 10.8. The molecule has 0 aromatic heterocycles. The normalized spacial score (nSPS) is 12.6. The van der Waals surface area contributed by atoms with Crippen molar-refractivity contribution in [2.45, 2.75) is 53.1 Å². The summed E-state index contributed by atoms with van der Waals surface area (Å²) in [5.41, 5.74) is 0. The molecule has 10 heavy (non-hydrogen) atoms. The predicted molar refractivity (Wildman–Crippen MR) is 52.4 cm³/mol. The Balaban J connectivity index is 3.98. The predicted octanol–water partition coefficient (Wildman–Crippen LogP) is 3.44. The van der Waals surface area contributed by atoms with Crippen molar-refractivity contribution in [3.05, 3.63) is 0 Å². The quantitative estimate of drug-likeness (QED) is 0.675. The van der Waals surface area contributed by atoms with Gasteiger partial charge < -0.3 is 0 Å². The van der Waals surface area contributed by atoms with E-state index in [4.69, 9.17) is 0 Å². The van der Waals surface area contributed by atoms with Crippen LogP contribution >= 0.6 is 0 Å². The van der Waals surface area contributed by atoms with Crippen LogP contribution in [0.15, 0.2) is 0 Å². The van der Waals surface area contributed by atoms with Gasteiger partial charge in [-0.25, -0.2) is 0 Å². The van der Waals surface area contributed by atoms with Crippen LogP contribution < -0.4 is 0 Å². The molecular weight excluding hydrogens is 230 g/mol. The van der Waals surface area contributed by atoms with Crippen molar-refractivity contribution in [3.8, 4) is 0 Å². The van der Waals surface area contributed by atoms with Crippen LogP contribution in [0.25, 0.3) is 0 Å². The van der Waals surface area contributed by atoms with Crippen molar-refractivity contribution >= 4 is 20.2 Å². The van der Waals surface area contributed by atoms with Crippen LogP contribution in [0.3, 0.4) is 0 Å². The Morgan fingerprint density at radius 1 is 0.600 bits per heavy atom. The van der Waals surface area contributed by atoms with E-state index in [1.165, 1.54) is 0 Å². The Labute approximate surface area is 73.4 Å². The van der Waals surface area contributed by atoms with E-state index in [0.29, 0.717) is 0 Å². The number of hydrogen-bond donors (Lipinski definition) is 0. The summed E-state index contributed by atoms with van der Waals surface area (Å²) in [7, 11) is 0. The summed E-state index contributed by atoms with van der Waals surface area (Å²) in [5, 5.41) is 0. The van der Waals surface area contributed by atoms with Gasteiger partial charge in [-0.3, -0.25) is 0 Å².